The lowest BCUT2D eigenvalue weighted by Gasteiger charge is -2.05. The molecule has 0 spiro atoms. The van der Waals surface area contributed by atoms with Crippen LogP contribution in [-0.2, 0) is 4.74 Å². The number of fused-ring (bicyclic) bond motifs is 1. The van der Waals surface area contributed by atoms with Crippen LogP contribution in [0.3, 0.4) is 0 Å². The van der Waals surface area contributed by atoms with E-state index in [4.69, 9.17) is 21.1 Å². The first-order valence-corrected chi connectivity index (χ1v) is 8.03. The molecular weight excluding hydrogens is 356 g/mol. The van der Waals surface area contributed by atoms with E-state index in [1.54, 1.807) is 25.3 Å². The van der Waals surface area contributed by atoms with Gasteiger partial charge in [0, 0.05) is 0 Å². The summed E-state index contributed by atoms with van der Waals surface area (Å²) in [6.07, 6.45) is 1.68. The molecule has 132 valence electrons. The van der Waals surface area contributed by atoms with Crippen molar-refractivity contribution in [2.75, 3.05) is 14.2 Å². The summed E-state index contributed by atoms with van der Waals surface area (Å²) in [5, 5.41) is 0.618. The molecule has 6 nitrogen and oxygen atoms in total. The van der Waals surface area contributed by atoms with Gasteiger partial charge in [-0.05, 0) is 42.0 Å². The van der Waals surface area contributed by atoms with E-state index in [9.17, 15) is 9.59 Å². The number of aromatic amines is 1. The Hall–Kier alpha value is -3.12. The van der Waals surface area contributed by atoms with Crippen molar-refractivity contribution in [2.24, 2.45) is 0 Å². The molecule has 0 fully saturated rings. The van der Waals surface area contributed by atoms with Gasteiger partial charge in [-0.15, -0.1) is 0 Å². The maximum atomic E-state index is 12.3. The molecule has 0 saturated heterocycles. The van der Waals surface area contributed by atoms with Crippen molar-refractivity contribution in [2.45, 2.75) is 0 Å². The van der Waals surface area contributed by atoms with Crippen molar-refractivity contribution in [3.8, 4) is 5.75 Å². The number of carbonyl (C=O) groups excluding carboxylic acids is 1. The predicted molar refractivity (Wildman–Crippen MR) is 100 cm³/mol. The van der Waals surface area contributed by atoms with E-state index in [0.29, 0.717) is 16.5 Å². The Balaban J connectivity index is 2.04. The summed E-state index contributed by atoms with van der Waals surface area (Å²) in [5.41, 5.74) is 1.14. The molecule has 0 aliphatic carbocycles. The number of carbonyl (C=O) groups is 1. The minimum atomic E-state index is -0.504. The molecule has 7 heteroatoms. The minimum absolute atomic E-state index is 0.210. The standard InChI is InChI=1S/C19H15ClN2O4/c1-25-13-6-3-11(4-7-13)9-15(20)17-21-16-10-12(19(24)26-2)5-8-14(16)18(23)22-17/h3-10H,1-2H3,(H,21,22,23)/b15-9-. The Kier molecular flexibility index (Phi) is 5.04. The number of nitrogens with zero attached hydrogens (tertiary/aromatic N) is 1. The maximum Gasteiger partial charge on any atom is 0.337 e. The lowest BCUT2D eigenvalue weighted by molar-refractivity contribution is 0.0601. The molecule has 0 amide bonds. The maximum absolute atomic E-state index is 12.3. The molecule has 0 aliphatic heterocycles. The summed E-state index contributed by atoms with van der Waals surface area (Å²) in [6, 6.07) is 11.8. The highest BCUT2D eigenvalue weighted by molar-refractivity contribution is 6.50. The van der Waals surface area contributed by atoms with Crippen LogP contribution < -0.4 is 10.3 Å². The lowest BCUT2D eigenvalue weighted by atomic mass is 10.1. The Morgan fingerprint density at radius 2 is 1.88 bits per heavy atom. The molecule has 0 aliphatic rings. The van der Waals surface area contributed by atoms with Gasteiger partial charge in [-0.25, -0.2) is 9.78 Å². The highest BCUT2D eigenvalue weighted by Crippen LogP contribution is 2.21. The van der Waals surface area contributed by atoms with Crippen molar-refractivity contribution >= 4 is 39.6 Å². The fraction of sp³-hybridized carbons (Fsp3) is 0.105. The third-order valence-electron chi connectivity index (χ3n) is 3.76. The molecule has 1 heterocycles. The quantitative estimate of drug-likeness (QED) is 0.711. The Labute approximate surface area is 154 Å². The van der Waals surface area contributed by atoms with Crippen LogP contribution in [0.4, 0.5) is 0 Å². The number of esters is 1. The fourth-order valence-corrected chi connectivity index (χ4v) is 2.63. The van der Waals surface area contributed by atoms with Crippen molar-refractivity contribution in [1.82, 2.24) is 9.97 Å². The van der Waals surface area contributed by atoms with Crippen LogP contribution in [0.25, 0.3) is 22.0 Å². The Bertz CT molecular complexity index is 1060. The largest absolute Gasteiger partial charge is 0.497 e. The number of rotatable bonds is 4. The van der Waals surface area contributed by atoms with Crippen LogP contribution in [0, 0.1) is 0 Å². The van der Waals surface area contributed by atoms with Gasteiger partial charge in [0.1, 0.15) is 5.75 Å². The van der Waals surface area contributed by atoms with E-state index in [2.05, 4.69) is 9.97 Å². The van der Waals surface area contributed by atoms with Crippen LogP contribution in [0.2, 0.25) is 0 Å². The van der Waals surface area contributed by atoms with Gasteiger partial charge in [-0.1, -0.05) is 23.7 Å². The van der Waals surface area contributed by atoms with Gasteiger partial charge >= 0.3 is 5.97 Å². The molecule has 26 heavy (non-hydrogen) atoms. The number of halogens is 1. The van der Waals surface area contributed by atoms with E-state index in [1.807, 2.05) is 12.1 Å². The smallest absolute Gasteiger partial charge is 0.337 e. The number of aromatic nitrogens is 2. The highest BCUT2D eigenvalue weighted by Gasteiger charge is 2.11. The molecule has 3 rings (SSSR count). The first-order valence-electron chi connectivity index (χ1n) is 7.66. The summed E-state index contributed by atoms with van der Waals surface area (Å²) >= 11 is 6.32. The van der Waals surface area contributed by atoms with Crippen LogP contribution in [0.1, 0.15) is 21.7 Å². The first kappa shape index (κ1) is 17.7. The van der Waals surface area contributed by atoms with Crippen LogP contribution in [0.5, 0.6) is 5.75 Å². The number of benzene rings is 2. The summed E-state index contributed by atoms with van der Waals surface area (Å²) in [6.45, 7) is 0. The van der Waals surface area contributed by atoms with E-state index in [1.165, 1.54) is 25.3 Å². The molecular formula is C19H15ClN2O4. The second kappa shape index (κ2) is 7.41. The zero-order valence-corrected chi connectivity index (χ0v) is 14.8. The average Bonchev–Trinajstić information content (AvgIpc) is 2.67. The monoisotopic (exact) mass is 370 g/mol. The van der Waals surface area contributed by atoms with E-state index in [0.717, 1.165) is 11.3 Å². The number of H-pyrrole nitrogens is 1. The molecule has 0 bridgehead atoms. The second-order valence-electron chi connectivity index (χ2n) is 5.40. The van der Waals surface area contributed by atoms with Crippen LogP contribution >= 0.6 is 11.6 Å². The van der Waals surface area contributed by atoms with Gasteiger partial charge in [0.15, 0.2) is 5.82 Å². The molecule has 1 N–H and O–H groups in total. The Morgan fingerprint density at radius 3 is 2.54 bits per heavy atom. The Morgan fingerprint density at radius 1 is 1.15 bits per heavy atom. The van der Waals surface area contributed by atoms with Gasteiger partial charge in [-0.3, -0.25) is 4.79 Å². The van der Waals surface area contributed by atoms with E-state index in [-0.39, 0.29) is 16.4 Å². The number of ether oxygens (including phenoxy) is 2. The fourth-order valence-electron chi connectivity index (χ4n) is 2.41. The predicted octanol–water partition coefficient (Wildman–Crippen LogP) is 3.46. The SMILES string of the molecule is COC(=O)c1ccc2c(=O)[nH]c(/C(Cl)=C/c3ccc(OC)cc3)nc2c1. The summed E-state index contributed by atoms with van der Waals surface area (Å²) in [4.78, 5) is 30.9. The van der Waals surface area contributed by atoms with Crippen molar-refractivity contribution in [3.05, 3.63) is 69.8 Å². The van der Waals surface area contributed by atoms with Gasteiger partial charge in [0.05, 0.1) is 35.7 Å². The third-order valence-corrected chi connectivity index (χ3v) is 4.05. The number of hydrogen-bond acceptors (Lipinski definition) is 5. The van der Waals surface area contributed by atoms with E-state index < -0.39 is 5.97 Å². The number of methoxy groups -OCH3 is 2. The second-order valence-corrected chi connectivity index (χ2v) is 5.81. The zero-order valence-electron chi connectivity index (χ0n) is 14.1. The topological polar surface area (TPSA) is 81.3 Å². The first-order chi connectivity index (χ1) is 12.5. The van der Waals surface area contributed by atoms with Gasteiger partial charge in [0.2, 0.25) is 0 Å². The van der Waals surface area contributed by atoms with Gasteiger partial charge < -0.3 is 14.5 Å². The lowest BCUT2D eigenvalue weighted by Crippen LogP contribution is -2.11. The highest BCUT2D eigenvalue weighted by atomic mass is 35.5. The summed E-state index contributed by atoms with van der Waals surface area (Å²) in [5.74, 6) is 0.434. The van der Waals surface area contributed by atoms with Gasteiger partial charge in [0.25, 0.3) is 5.56 Å². The summed E-state index contributed by atoms with van der Waals surface area (Å²) < 4.78 is 9.80. The molecule has 1 aromatic heterocycles. The minimum Gasteiger partial charge on any atom is -0.497 e. The number of hydrogen-bond donors (Lipinski definition) is 1. The normalized spacial score (nSPS) is 11.4. The molecule has 0 atom stereocenters. The van der Waals surface area contributed by atoms with E-state index >= 15 is 0 Å². The zero-order chi connectivity index (χ0) is 18.7. The third kappa shape index (κ3) is 3.60. The van der Waals surface area contributed by atoms with Crippen LogP contribution in [-0.4, -0.2) is 30.2 Å². The average molecular weight is 371 g/mol. The number of nitrogens with one attached hydrogen (secondary N) is 1. The molecule has 2 aromatic carbocycles. The molecule has 3 aromatic rings. The molecule has 0 saturated carbocycles. The van der Waals surface area contributed by atoms with Crippen molar-refractivity contribution in [1.29, 1.82) is 0 Å². The van der Waals surface area contributed by atoms with Gasteiger partial charge in [-0.2, -0.15) is 0 Å². The van der Waals surface area contributed by atoms with Crippen LogP contribution in [0.15, 0.2) is 47.3 Å². The van der Waals surface area contributed by atoms with Crippen molar-refractivity contribution in [3.63, 3.8) is 0 Å². The summed E-state index contributed by atoms with van der Waals surface area (Å²) in [7, 11) is 2.88. The molecule has 0 radical (unpaired) electrons. The molecule has 0 unspecified atom stereocenters. The van der Waals surface area contributed by atoms with Crippen molar-refractivity contribution < 1.29 is 14.3 Å².